The van der Waals surface area contributed by atoms with E-state index in [2.05, 4.69) is 0 Å². The van der Waals surface area contributed by atoms with Gasteiger partial charge in [-0.1, -0.05) is 19.1 Å². The Morgan fingerprint density at radius 2 is 2.17 bits per heavy atom. The molecule has 18 heavy (non-hydrogen) atoms. The molecule has 0 bridgehead atoms. The van der Waals surface area contributed by atoms with Gasteiger partial charge in [-0.25, -0.2) is 0 Å². The Balaban J connectivity index is 2.16. The molecule has 0 aromatic heterocycles. The van der Waals surface area contributed by atoms with E-state index in [1.54, 1.807) is 11.8 Å². The largest absolute Gasteiger partial charge is 0.393 e. The van der Waals surface area contributed by atoms with Gasteiger partial charge < -0.3 is 10.0 Å². The van der Waals surface area contributed by atoms with Crippen molar-refractivity contribution in [1.29, 1.82) is 0 Å². The molecule has 2 atom stereocenters. The first-order chi connectivity index (χ1) is 8.63. The van der Waals surface area contributed by atoms with Crippen LogP contribution in [-0.2, 0) is 0 Å². The summed E-state index contributed by atoms with van der Waals surface area (Å²) in [7, 11) is 0. The first-order valence-corrected chi connectivity index (χ1v) is 7.46. The Morgan fingerprint density at radius 3 is 2.83 bits per heavy atom. The van der Waals surface area contributed by atoms with Crippen LogP contribution in [0.5, 0.6) is 0 Å². The molecule has 0 saturated carbocycles. The summed E-state index contributed by atoms with van der Waals surface area (Å²) in [5, 5.41) is 9.71. The average Bonchev–Trinajstić information content (AvgIpc) is 2.41. The highest BCUT2D eigenvalue weighted by Crippen LogP contribution is 2.24. The van der Waals surface area contributed by atoms with Crippen molar-refractivity contribution in [2.24, 2.45) is 5.92 Å². The molecular weight excluding hydrogens is 246 g/mol. The second kappa shape index (κ2) is 5.76. The number of thioether (sulfide) groups is 1. The lowest BCUT2D eigenvalue weighted by Crippen LogP contribution is -2.45. The number of benzene rings is 1. The lowest BCUT2D eigenvalue weighted by atomic mass is 9.96. The number of nitrogens with zero attached hydrogens (tertiary/aromatic N) is 1. The predicted molar refractivity (Wildman–Crippen MR) is 73.9 cm³/mol. The second-order valence-electron chi connectivity index (χ2n) is 4.78. The van der Waals surface area contributed by atoms with E-state index in [1.165, 1.54) is 0 Å². The van der Waals surface area contributed by atoms with Gasteiger partial charge in [-0.05, 0) is 30.7 Å². The van der Waals surface area contributed by atoms with Crippen molar-refractivity contribution < 1.29 is 9.90 Å². The van der Waals surface area contributed by atoms with Crippen molar-refractivity contribution in [3.8, 4) is 0 Å². The van der Waals surface area contributed by atoms with E-state index in [4.69, 9.17) is 0 Å². The molecule has 2 unspecified atom stereocenters. The van der Waals surface area contributed by atoms with Crippen molar-refractivity contribution in [3.63, 3.8) is 0 Å². The fourth-order valence-corrected chi connectivity index (χ4v) is 2.90. The standard InChI is InChI=1S/C14H19NO2S/c1-10-9-15(8-7-12(10)16)14(17)11-5-3-4-6-13(11)18-2/h3-6,10,12,16H,7-9H2,1-2H3. The monoisotopic (exact) mass is 265 g/mol. The molecule has 1 aromatic rings. The van der Waals surface area contributed by atoms with E-state index in [9.17, 15) is 9.90 Å². The Hall–Kier alpha value is -1.00. The summed E-state index contributed by atoms with van der Waals surface area (Å²) in [6.45, 7) is 3.28. The van der Waals surface area contributed by atoms with Crippen molar-refractivity contribution >= 4 is 17.7 Å². The predicted octanol–water partition coefficient (Wildman–Crippen LogP) is 2.25. The lowest BCUT2D eigenvalue weighted by molar-refractivity contribution is 0.0295. The molecule has 4 heteroatoms. The van der Waals surface area contributed by atoms with Gasteiger partial charge in [0.05, 0.1) is 11.7 Å². The number of likely N-dealkylation sites (tertiary alicyclic amines) is 1. The zero-order chi connectivity index (χ0) is 13.1. The highest BCUT2D eigenvalue weighted by atomic mass is 32.2. The molecular formula is C14H19NO2S. The van der Waals surface area contributed by atoms with Gasteiger partial charge in [-0.2, -0.15) is 0 Å². The lowest BCUT2D eigenvalue weighted by Gasteiger charge is -2.34. The topological polar surface area (TPSA) is 40.5 Å². The van der Waals surface area contributed by atoms with Crippen LogP contribution in [0.1, 0.15) is 23.7 Å². The van der Waals surface area contributed by atoms with Gasteiger partial charge >= 0.3 is 0 Å². The summed E-state index contributed by atoms with van der Waals surface area (Å²) in [6.07, 6.45) is 2.38. The molecule has 3 nitrogen and oxygen atoms in total. The Bertz CT molecular complexity index is 436. The maximum Gasteiger partial charge on any atom is 0.255 e. The number of carbonyl (C=O) groups excluding carboxylic acids is 1. The van der Waals surface area contributed by atoms with Crippen LogP contribution < -0.4 is 0 Å². The van der Waals surface area contributed by atoms with E-state index in [0.29, 0.717) is 19.5 Å². The molecule has 1 fully saturated rings. The van der Waals surface area contributed by atoms with E-state index in [1.807, 2.05) is 42.3 Å². The van der Waals surface area contributed by atoms with Crippen molar-refractivity contribution in [1.82, 2.24) is 4.90 Å². The summed E-state index contributed by atoms with van der Waals surface area (Å²) < 4.78 is 0. The second-order valence-corrected chi connectivity index (χ2v) is 5.63. The van der Waals surface area contributed by atoms with Crippen LogP contribution >= 0.6 is 11.8 Å². The SMILES string of the molecule is CSc1ccccc1C(=O)N1CCC(O)C(C)C1. The Morgan fingerprint density at radius 1 is 1.44 bits per heavy atom. The normalized spacial score (nSPS) is 24.1. The molecule has 98 valence electrons. The number of rotatable bonds is 2. The maximum atomic E-state index is 12.5. The quantitative estimate of drug-likeness (QED) is 0.834. The number of aliphatic hydroxyl groups is 1. The third-order valence-electron chi connectivity index (χ3n) is 3.48. The molecule has 1 heterocycles. The minimum absolute atomic E-state index is 0.0821. The van der Waals surface area contributed by atoms with Gasteiger partial charge in [0.1, 0.15) is 0 Å². The number of hydrogen-bond acceptors (Lipinski definition) is 3. The number of aliphatic hydroxyl groups excluding tert-OH is 1. The summed E-state index contributed by atoms with van der Waals surface area (Å²) in [6, 6.07) is 7.70. The summed E-state index contributed by atoms with van der Waals surface area (Å²) in [5.41, 5.74) is 0.772. The van der Waals surface area contributed by atoms with Crippen LogP contribution in [0.25, 0.3) is 0 Å². The molecule has 0 radical (unpaired) electrons. The van der Waals surface area contributed by atoms with Crippen LogP contribution in [-0.4, -0.2) is 41.4 Å². The van der Waals surface area contributed by atoms with Gasteiger partial charge in [0.25, 0.3) is 5.91 Å². The first kappa shape index (κ1) is 13.4. The van der Waals surface area contributed by atoms with Crippen LogP contribution in [0.15, 0.2) is 29.2 Å². The highest BCUT2D eigenvalue weighted by Gasteiger charge is 2.28. The van der Waals surface area contributed by atoms with Crippen LogP contribution in [0.4, 0.5) is 0 Å². The molecule has 1 aliphatic heterocycles. The molecule has 1 aliphatic rings. The summed E-state index contributed by atoms with van der Waals surface area (Å²) >= 11 is 1.59. The fraction of sp³-hybridized carbons (Fsp3) is 0.500. The number of carbonyl (C=O) groups is 1. The van der Waals surface area contributed by atoms with Crippen molar-refractivity contribution in [3.05, 3.63) is 29.8 Å². The molecule has 0 spiro atoms. The summed E-state index contributed by atoms with van der Waals surface area (Å²) in [5.74, 6) is 0.239. The van der Waals surface area contributed by atoms with Gasteiger partial charge in [0, 0.05) is 18.0 Å². The van der Waals surface area contributed by atoms with Crippen molar-refractivity contribution in [2.45, 2.75) is 24.3 Å². The van der Waals surface area contributed by atoms with Gasteiger partial charge in [0.15, 0.2) is 0 Å². The van der Waals surface area contributed by atoms with Gasteiger partial charge in [0.2, 0.25) is 0 Å². The van der Waals surface area contributed by atoms with E-state index in [-0.39, 0.29) is 17.9 Å². The molecule has 1 N–H and O–H groups in total. The van der Waals surface area contributed by atoms with E-state index >= 15 is 0 Å². The summed E-state index contributed by atoms with van der Waals surface area (Å²) in [4.78, 5) is 15.3. The molecule has 1 saturated heterocycles. The molecule has 2 rings (SSSR count). The minimum atomic E-state index is -0.273. The minimum Gasteiger partial charge on any atom is -0.393 e. The smallest absolute Gasteiger partial charge is 0.255 e. The zero-order valence-electron chi connectivity index (χ0n) is 10.8. The molecule has 0 aliphatic carbocycles. The third-order valence-corrected chi connectivity index (χ3v) is 4.28. The fourth-order valence-electron chi connectivity index (χ4n) is 2.31. The number of piperidine rings is 1. The number of amides is 1. The van der Waals surface area contributed by atoms with Crippen molar-refractivity contribution in [2.75, 3.05) is 19.3 Å². The first-order valence-electron chi connectivity index (χ1n) is 6.24. The molecule has 1 amide bonds. The Kier molecular flexibility index (Phi) is 4.30. The maximum absolute atomic E-state index is 12.5. The third kappa shape index (κ3) is 2.70. The van der Waals surface area contributed by atoms with Crippen LogP contribution in [0.3, 0.4) is 0 Å². The highest BCUT2D eigenvalue weighted by molar-refractivity contribution is 7.98. The van der Waals surface area contributed by atoms with Crippen LogP contribution in [0, 0.1) is 5.92 Å². The van der Waals surface area contributed by atoms with Crippen LogP contribution in [0.2, 0.25) is 0 Å². The van der Waals surface area contributed by atoms with Gasteiger partial charge in [-0.15, -0.1) is 11.8 Å². The average molecular weight is 265 g/mol. The number of hydrogen-bond donors (Lipinski definition) is 1. The van der Waals surface area contributed by atoms with Gasteiger partial charge in [-0.3, -0.25) is 4.79 Å². The molecule has 1 aromatic carbocycles. The Labute approximate surface area is 112 Å². The van der Waals surface area contributed by atoms with E-state index < -0.39 is 0 Å². The zero-order valence-corrected chi connectivity index (χ0v) is 11.6. The van der Waals surface area contributed by atoms with E-state index in [0.717, 1.165) is 10.5 Å².